The van der Waals surface area contributed by atoms with Crippen molar-refractivity contribution in [1.82, 2.24) is 0 Å². The number of alkyl halides is 3. The summed E-state index contributed by atoms with van der Waals surface area (Å²) in [5.41, 5.74) is 5.37. The standard InChI is InChI=1S/C15H26F3NO/c1-12(2)9-11(13(3,4)20-12)14(19)7-5-10(6-8-14)15(16,17)18/h10-11H,5-9,19H2,1-4H3. The second kappa shape index (κ2) is 4.60. The zero-order valence-corrected chi connectivity index (χ0v) is 12.8. The van der Waals surface area contributed by atoms with E-state index in [9.17, 15) is 13.2 Å². The Morgan fingerprint density at radius 2 is 1.55 bits per heavy atom. The summed E-state index contributed by atoms with van der Waals surface area (Å²) in [6.45, 7) is 8.08. The maximum atomic E-state index is 12.8. The van der Waals surface area contributed by atoms with E-state index in [2.05, 4.69) is 0 Å². The fourth-order valence-corrected chi connectivity index (χ4v) is 4.29. The fraction of sp³-hybridized carbons (Fsp3) is 1.00. The fourth-order valence-electron chi connectivity index (χ4n) is 4.29. The topological polar surface area (TPSA) is 35.2 Å². The summed E-state index contributed by atoms with van der Waals surface area (Å²) < 4.78 is 44.4. The summed E-state index contributed by atoms with van der Waals surface area (Å²) in [5.74, 6) is -1.07. The first-order valence-electron chi connectivity index (χ1n) is 7.42. The van der Waals surface area contributed by atoms with Gasteiger partial charge in [0.2, 0.25) is 0 Å². The molecule has 2 aliphatic rings. The maximum absolute atomic E-state index is 12.8. The molecule has 1 aliphatic heterocycles. The molecule has 1 heterocycles. The van der Waals surface area contributed by atoms with Crippen LogP contribution in [0.25, 0.3) is 0 Å². The molecule has 0 bridgehead atoms. The van der Waals surface area contributed by atoms with Crippen molar-refractivity contribution in [2.24, 2.45) is 17.6 Å². The first kappa shape index (κ1) is 16.1. The third kappa shape index (κ3) is 2.98. The van der Waals surface area contributed by atoms with E-state index in [0.29, 0.717) is 12.8 Å². The third-order valence-corrected chi connectivity index (χ3v) is 5.15. The molecule has 0 radical (unpaired) electrons. The van der Waals surface area contributed by atoms with Gasteiger partial charge in [0.1, 0.15) is 0 Å². The summed E-state index contributed by atoms with van der Waals surface area (Å²) in [7, 11) is 0. The molecule has 20 heavy (non-hydrogen) atoms. The molecule has 0 aromatic carbocycles. The molecule has 2 rings (SSSR count). The van der Waals surface area contributed by atoms with Gasteiger partial charge in [-0.25, -0.2) is 0 Å². The van der Waals surface area contributed by atoms with E-state index in [-0.39, 0.29) is 30.0 Å². The summed E-state index contributed by atoms with van der Waals surface area (Å²) >= 11 is 0. The van der Waals surface area contributed by atoms with Crippen molar-refractivity contribution in [2.45, 2.75) is 82.7 Å². The molecule has 2 N–H and O–H groups in total. The van der Waals surface area contributed by atoms with Crippen LogP contribution in [0.2, 0.25) is 0 Å². The molecular weight excluding hydrogens is 267 g/mol. The van der Waals surface area contributed by atoms with E-state index >= 15 is 0 Å². The van der Waals surface area contributed by atoms with Crippen LogP contribution in [-0.4, -0.2) is 22.9 Å². The van der Waals surface area contributed by atoms with Gasteiger partial charge in [-0.2, -0.15) is 13.2 Å². The predicted octanol–water partition coefficient (Wildman–Crippen LogP) is 4.03. The zero-order chi connectivity index (χ0) is 15.4. The van der Waals surface area contributed by atoms with Crippen LogP contribution in [0.5, 0.6) is 0 Å². The molecule has 0 spiro atoms. The SMILES string of the molecule is CC1(C)CC(C2(N)CCC(C(F)(F)F)CC2)C(C)(C)O1. The highest BCUT2D eigenvalue weighted by molar-refractivity contribution is 5.07. The normalized spacial score (nSPS) is 40.8. The first-order chi connectivity index (χ1) is 8.86. The van der Waals surface area contributed by atoms with Gasteiger partial charge in [0.05, 0.1) is 17.1 Å². The predicted molar refractivity (Wildman–Crippen MR) is 72.3 cm³/mol. The van der Waals surface area contributed by atoms with Gasteiger partial charge in [-0.1, -0.05) is 0 Å². The molecule has 1 saturated carbocycles. The van der Waals surface area contributed by atoms with Crippen molar-refractivity contribution in [3.05, 3.63) is 0 Å². The Hall–Kier alpha value is -0.290. The van der Waals surface area contributed by atoms with E-state index in [1.165, 1.54) is 0 Å². The Morgan fingerprint density at radius 3 is 1.90 bits per heavy atom. The van der Waals surface area contributed by atoms with Crippen LogP contribution in [0.15, 0.2) is 0 Å². The highest BCUT2D eigenvalue weighted by atomic mass is 19.4. The molecule has 118 valence electrons. The summed E-state index contributed by atoms with van der Waals surface area (Å²) in [6.07, 6.45) is -2.11. The number of hydrogen-bond acceptors (Lipinski definition) is 2. The van der Waals surface area contributed by atoms with Gasteiger partial charge in [0, 0.05) is 11.5 Å². The van der Waals surface area contributed by atoms with Gasteiger partial charge in [-0.05, 0) is 59.8 Å². The molecule has 1 saturated heterocycles. The van der Waals surface area contributed by atoms with Crippen LogP contribution in [0.4, 0.5) is 13.2 Å². The van der Waals surface area contributed by atoms with Crippen LogP contribution >= 0.6 is 0 Å². The lowest BCUT2D eigenvalue weighted by Gasteiger charge is -2.45. The average Bonchev–Trinajstić information content (AvgIpc) is 2.46. The molecule has 0 aromatic rings. The summed E-state index contributed by atoms with van der Waals surface area (Å²) in [5, 5.41) is 0. The van der Waals surface area contributed by atoms with E-state index in [1.54, 1.807) is 0 Å². The smallest absolute Gasteiger partial charge is 0.369 e. The van der Waals surface area contributed by atoms with Gasteiger partial charge in [0.15, 0.2) is 0 Å². The monoisotopic (exact) mass is 293 g/mol. The van der Waals surface area contributed by atoms with Crippen LogP contribution < -0.4 is 5.73 Å². The van der Waals surface area contributed by atoms with Crippen molar-refractivity contribution < 1.29 is 17.9 Å². The number of ether oxygens (including phenoxy) is 1. The zero-order valence-electron chi connectivity index (χ0n) is 12.8. The minimum absolute atomic E-state index is 0.110. The molecule has 1 atom stereocenters. The lowest BCUT2D eigenvalue weighted by Crippen LogP contribution is -2.55. The third-order valence-electron chi connectivity index (χ3n) is 5.15. The van der Waals surface area contributed by atoms with Crippen molar-refractivity contribution in [3.8, 4) is 0 Å². The van der Waals surface area contributed by atoms with Gasteiger partial charge >= 0.3 is 6.18 Å². The second-order valence-corrected chi connectivity index (χ2v) is 7.77. The van der Waals surface area contributed by atoms with Gasteiger partial charge < -0.3 is 10.5 Å². The molecule has 1 unspecified atom stereocenters. The van der Waals surface area contributed by atoms with E-state index in [1.807, 2.05) is 27.7 Å². The van der Waals surface area contributed by atoms with Crippen LogP contribution in [0.3, 0.4) is 0 Å². The van der Waals surface area contributed by atoms with Crippen molar-refractivity contribution >= 4 is 0 Å². The van der Waals surface area contributed by atoms with Crippen LogP contribution in [-0.2, 0) is 4.74 Å². The number of nitrogens with two attached hydrogens (primary N) is 1. The van der Waals surface area contributed by atoms with E-state index in [0.717, 1.165) is 6.42 Å². The Labute approximate surface area is 119 Å². The molecule has 0 aromatic heterocycles. The molecule has 0 amide bonds. The van der Waals surface area contributed by atoms with Gasteiger partial charge in [0.25, 0.3) is 0 Å². The Balaban J connectivity index is 2.10. The van der Waals surface area contributed by atoms with Crippen LogP contribution in [0.1, 0.15) is 59.8 Å². The molecule has 5 heteroatoms. The molecule has 2 fully saturated rings. The van der Waals surface area contributed by atoms with Gasteiger partial charge in [-0.3, -0.25) is 0 Å². The molecule has 1 aliphatic carbocycles. The maximum Gasteiger partial charge on any atom is 0.391 e. The highest BCUT2D eigenvalue weighted by Gasteiger charge is 2.56. The Bertz CT molecular complexity index is 368. The van der Waals surface area contributed by atoms with Crippen molar-refractivity contribution in [1.29, 1.82) is 0 Å². The molecule has 2 nitrogen and oxygen atoms in total. The highest BCUT2D eigenvalue weighted by Crippen LogP contribution is 2.52. The van der Waals surface area contributed by atoms with E-state index in [4.69, 9.17) is 10.5 Å². The minimum Gasteiger partial charge on any atom is -0.369 e. The average molecular weight is 293 g/mol. The number of hydrogen-bond donors (Lipinski definition) is 1. The number of rotatable bonds is 1. The lowest BCUT2D eigenvalue weighted by atomic mass is 9.64. The first-order valence-corrected chi connectivity index (χ1v) is 7.42. The van der Waals surface area contributed by atoms with Gasteiger partial charge in [-0.15, -0.1) is 0 Å². The van der Waals surface area contributed by atoms with Crippen LogP contribution in [0, 0.1) is 11.8 Å². The van der Waals surface area contributed by atoms with Crippen molar-refractivity contribution in [2.75, 3.05) is 0 Å². The quantitative estimate of drug-likeness (QED) is 0.792. The summed E-state index contributed by atoms with van der Waals surface area (Å²) in [4.78, 5) is 0. The van der Waals surface area contributed by atoms with Crippen molar-refractivity contribution in [3.63, 3.8) is 0 Å². The minimum atomic E-state index is -4.08. The lowest BCUT2D eigenvalue weighted by molar-refractivity contribution is -0.186. The number of halogens is 3. The van der Waals surface area contributed by atoms with E-state index < -0.39 is 17.6 Å². The second-order valence-electron chi connectivity index (χ2n) is 7.77. The Morgan fingerprint density at radius 1 is 1.05 bits per heavy atom. The largest absolute Gasteiger partial charge is 0.391 e. The molecular formula is C15H26F3NO. The summed E-state index contributed by atoms with van der Waals surface area (Å²) in [6, 6.07) is 0. The Kier molecular flexibility index (Phi) is 3.70.